The van der Waals surface area contributed by atoms with Crippen molar-refractivity contribution in [3.8, 4) is 0 Å². The van der Waals surface area contributed by atoms with Gasteiger partial charge in [-0.05, 0) is 23.6 Å². The lowest BCUT2D eigenvalue weighted by Gasteiger charge is -1.99. The summed E-state index contributed by atoms with van der Waals surface area (Å²) in [5, 5.41) is 1.86. The Morgan fingerprint density at radius 3 is 2.41 bits per heavy atom. The molecule has 0 spiro atoms. The summed E-state index contributed by atoms with van der Waals surface area (Å²) >= 11 is 1.41. The minimum atomic E-state index is -0.0164. The third kappa shape index (κ3) is 3.07. The zero-order chi connectivity index (χ0) is 12.1. The second-order valence-corrected chi connectivity index (χ2v) is 4.51. The fraction of sp³-hybridized carbons (Fsp3) is 0.154. The molecule has 86 valence electrons. The number of rotatable bonds is 5. The van der Waals surface area contributed by atoms with Crippen LogP contribution < -0.4 is 0 Å². The van der Waals surface area contributed by atoms with Crippen molar-refractivity contribution in [1.29, 1.82) is 0 Å². The highest BCUT2D eigenvalue weighted by atomic mass is 32.1. The fourth-order valence-corrected chi connectivity index (χ4v) is 2.16. The summed E-state index contributed by atoms with van der Waals surface area (Å²) < 4.78 is 0. The second kappa shape index (κ2) is 5.50. The first-order valence-electron chi connectivity index (χ1n) is 5.27. The van der Waals surface area contributed by atoms with E-state index in [4.69, 9.17) is 0 Å². The van der Waals surface area contributed by atoms with Crippen molar-refractivity contribution in [2.45, 2.75) is 12.8 Å². The molecule has 17 heavy (non-hydrogen) atoms. The van der Waals surface area contributed by atoms with Crippen LogP contribution in [-0.4, -0.2) is 16.6 Å². The van der Waals surface area contributed by atoms with Gasteiger partial charge in [0.2, 0.25) is 0 Å². The van der Waals surface area contributed by atoms with Crippen LogP contribution in [0.2, 0.25) is 0 Å². The van der Waals surface area contributed by atoms with E-state index in [0.29, 0.717) is 10.4 Å². The highest BCUT2D eigenvalue weighted by Crippen LogP contribution is 2.13. The number of hydrogen-bond acceptors (Lipinski definition) is 4. The highest BCUT2D eigenvalue weighted by molar-refractivity contribution is 7.12. The number of pyridine rings is 1. The van der Waals surface area contributed by atoms with Crippen LogP contribution in [0.5, 0.6) is 0 Å². The Balaban J connectivity index is 1.91. The number of Topliss-reactive ketones (excluding diaryl/α,β-unsaturated/α-hetero) is 2. The van der Waals surface area contributed by atoms with E-state index in [9.17, 15) is 9.59 Å². The van der Waals surface area contributed by atoms with Gasteiger partial charge in [-0.1, -0.05) is 6.07 Å². The topological polar surface area (TPSA) is 47.0 Å². The third-order valence-corrected chi connectivity index (χ3v) is 3.29. The predicted octanol–water partition coefficient (Wildman–Crippen LogP) is 2.99. The molecule has 0 N–H and O–H groups in total. The average molecular weight is 245 g/mol. The maximum absolute atomic E-state index is 11.7. The van der Waals surface area contributed by atoms with Gasteiger partial charge in [-0.15, -0.1) is 11.3 Å². The maximum Gasteiger partial charge on any atom is 0.173 e. The molecule has 0 unspecified atom stereocenters. The standard InChI is InChI=1S/C13H11NO2S/c15-11(10-5-7-14-8-6-10)3-4-12(16)13-2-1-9-17-13/h1-2,5-9H,3-4H2. The smallest absolute Gasteiger partial charge is 0.173 e. The Labute approximate surface area is 103 Å². The second-order valence-electron chi connectivity index (χ2n) is 3.56. The lowest BCUT2D eigenvalue weighted by atomic mass is 10.1. The quantitative estimate of drug-likeness (QED) is 0.761. The van der Waals surface area contributed by atoms with E-state index >= 15 is 0 Å². The monoisotopic (exact) mass is 245 g/mol. The van der Waals surface area contributed by atoms with Crippen molar-refractivity contribution in [3.63, 3.8) is 0 Å². The summed E-state index contributed by atoms with van der Waals surface area (Å²) in [4.78, 5) is 28.0. The number of ketones is 2. The molecule has 2 heterocycles. The molecule has 4 heteroatoms. The summed E-state index contributed by atoms with van der Waals surface area (Å²) in [7, 11) is 0. The van der Waals surface area contributed by atoms with E-state index in [-0.39, 0.29) is 24.4 Å². The summed E-state index contributed by atoms with van der Waals surface area (Å²) in [5.74, 6) is 0.0136. The van der Waals surface area contributed by atoms with Crippen molar-refractivity contribution in [2.75, 3.05) is 0 Å². The van der Waals surface area contributed by atoms with Crippen LogP contribution in [0.1, 0.15) is 32.9 Å². The van der Waals surface area contributed by atoms with Gasteiger partial charge < -0.3 is 0 Å². The van der Waals surface area contributed by atoms with Gasteiger partial charge in [0.25, 0.3) is 0 Å². The molecule has 0 aliphatic heterocycles. The normalized spacial score (nSPS) is 10.1. The molecule has 0 amide bonds. The molecule has 0 radical (unpaired) electrons. The minimum Gasteiger partial charge on any atom is -0.294 e. The van der Waals surface area contributed by atoms with Crippen molar-refractivity contribution in [3.05, 3.63) is 52.5 Å². The summed E-state index contributed by atoms with van der Waals surface area (Å²) in [6.45, 7) is 0. The molecule has 0 saturated heterocycles. The van der Waals surface area contributed by atoms with Crippen molar-refractivity contribution < 1.29 is 9.59 Å². The Hall–Kier alpha value is -1.81. The van der Waals surface area contributed by atoms with E-state index in [0.717, 1.165) is 0 Å². The molecule has 0 aromatic carbocycles. The van der Waals surface area contributed by atoms with Gasteiger partial charge in [0, 0.05) is 30.8 Å². The first kappa shape index (κ1) is 11.7. The number of carbonyl (C=O) groups excluding carboxylic acids is 2. The molecular weight excluding hydrogens is 234 g/mol. The molecule has 0 aliphatic carbocycles. The lowest BCUT2D eigenvalue weighted by Crippen LogP contribution is -2.04. The van der Waals surface area contributed by atoms with Gasteiger partial charge in [0.15, 0.2) is 11.6 Å². The highest BCUT2D eigenvalue weighted by Gasteiger charge is 2.11. The molecule has 2 aromatic heterocycles. The molecule has 0 saturated carbocycles. The Kier molecular flexibility index (Phi) is 3.77. The van der Waals surface area contributed by atoms with Gasteiger partial charge >= 0.3 is 0 Å². The number of thiophene rings is 1. The van der Waals surface area contributed by atoms with Crippen molar-refractivity contribution in [1.82, 2.24) is 4.98 Å². The largest absolute Gasteiger partial charge is 0.294 e. The molecular formula is C13H11NO2S. The molecule has 3 nitrogen and oxygen atoms in total. The van der Waals surface area contributed by atoms with Crippen LogP contribution in [0.4, 0.5) is 0 Å². The van der Waals surface area contributed by atoms with Crippen LogP contribution in [0.3, 0.4) is 0 Å². The number of hydrogen-bond donors (Lipinski definition) is 0. The number of nitrogens with zero attached hydrogens (tertiary/aromatic N) is 1. The van der Waals surface area contributed by atoms with Gasteiger partial charge in [-0.2, -0.15) is 0 Å². The summed E-state index contributed by atoms with van der Waals surface area (Å²) in [6.07, 6.45) is 3.67. The van der Waals surface area contributed by atoms with E-state index in [1.54, 1.807) is 30.6 Å². The predicted molar refractivity (Wildman–Crippen MR) is 66.5 cm³/mol. The summed E-state index contributed by atoms with van der Waals surface area (Å²) in [5.41, 5.74) is 0.610. The van der Waals surface area contributed by atoms with Crippen molar-refractivity contribution >= 4 is 22.9 Å². The maximum atomic E-state index is 11.7. The molecule has 0 atom stereocenters. The SMILES string of the molecule is O=C(CCC(=O)c1cccs1)c1ccncc1. The minimum absolute atomic E-state index is 0.0164. The van der Waals surface area contributed by atoms with Gasteiger partial charge in [0.1, 0.15) is 0 Å². The molecule has 0 fully saturated rings. The average Bonchev–Trinajstić information content (AvgIpc) is 2.90. The Morgan fingerprint density at radius 2 is 1.76 bits per heavy atom. The molecule has 2 rings (SSSR count). The van der Waals surface area contributed by atoms with Crippen LogP contribution in [0.25, 0.3) is 0 Å². The van der Waals surface area contributed by atoms with E-state index in [1.807, 2.05) is 11.4 Å². The zero-order valence-corrected chi connectivity index (χ0v) is 9.94. The lowest BCUT2D eigenvalue weighted by molar-refractivity contribution is 0.0919. The van der Waals surface area contributed by atoms with E-state index < -0.39 is 0 Å². The summed E-state index contributed by atoms with van der Waals surface area (Å²) in [6, 6.07) is 6.95. The van der Waals surface area contributed by atoms with Crippen LogP contribution in [-0.2, 0) is 0 Å². The number of carbonyl (C=O) groups is 2. The third-order valence-electron chi connectivity index (χ3n) is 2.38. The van der Waals surface area contributed by atoms with Crippen molar-refractivity contribution in [2.24, 2.45) is 0 Å². The molecule has 2 aromatic rings. The van der Waals surface area contributed by atoms with Gasteiger partial charge in [0.05, 0.1) is 4.88 Å². The molecule has 0 bridgehead atoms. The fourth-order valence-electron chi connectivity index (χ4n) is 1.47. The van der Waals surface area contributed by atoms with Crippen LogP contribution in [0, 0.1) is 0 Å². The Bertz CT molecular complexity index is 505. The van der Waals surface area contributed by atoms with E-state index in [1.165, 1.54) is 11.3 Å². The zero-order valence-electron chi connectivity index (χ0n) is 9.13. The van der Waals surface area contributed by atoms with Gasteiger partial charge in [-0.25, -0.2) is 0 Å². The first-order chi connectivity index (χ1) is 8.27. The first-order valence-corrected chi connectivity index (χ1v) is 6.15. The van der Waals surface area contributed by atoms with Crippen LogP contribution >= 0.6 is 11.3 Å². The number of aromatic nitrogens is 1. The van der Waals surface area contributed by atoms with Crippen LogP contribution in [0.15, 0.2) is 42.0 Å². The van der Waals surface area contributed by atoms with Gasteiger partial charge in [-0.3, -0.25) is 14.6 Å². The Morgan fingerprint density at radius 1 is 1.06 bits per heavy atom. The molecule has 0 aliphatic rings. The van der Waals surface area contributed by atoms with E-state index in [2.05, 4.69) is 4.98 Å².